The Labute approximate surface area is 154 Å². The zero-order valence-corrected chi connectivity index (χ0v) is 14.6. The second-order valence-electron chi connectivity index (χ2n) is 6.80. The molecule has 0 spiro atoms. The van der Waals surface area contributed by atoms with Crippen molar-refractivity contribution >= 4 is 5.91 Å². The molecule has 0 bridgehead atoms. The van der Waals surface area contributed by atoms with Gasteiger partial charge in [-0.25, -0.2) is 4.39 Å². The largest absolute Gasteiger partial charge is 0.504 e. The summed E-state index contributed by atoms with van der Waals surface area (Å²) in [6, 6.07) is 6.12. The fourth-order valence-corrected chi connectivity index (χ4v) is 3.88. The van der Waals surface area contributed by atoms with Gasteiger partial charge in [-0.1, -0.05) is 12.1 Å². The molecule has 1 aliphatic heterocycles. The lowest BCUT2D eigenvalue weighted by atomic mass is 10.1. The van der Waals surface area contributed by atoms with Crippen LogP contribution in [0.1, 0.15) is 29.0 Å². The summed E-state index contributed by atoms with van der Waals surface area (Å²) in [5, 5.41) is 20.0. The summed E-state index contributed by atoms with van der Waals surface area (Å²) in [6.07, 6.45) is 0. The van der Waals surface area contributed by atoms with E-state index in [1.54, 1.807) is 17.0 Å². The Bertz CT molecular complexity index is 956. The second-order valence-corrected chi connectivity index (χ2v) is 6.80. The van der Waals surface area contributed by atoms with Crippen molar-refractivity contribution in [3.8, 4) is 11.5 Å². The average molecular weight is 374 g/mol. The van der Waals surface area contributed by atoms with Crippen molar-refractivity contribution in [3.63, 3.8) is 0 Å². The van der Waals surface area contributed by atoms with E-state index in [0.29, 0.717) is 13.2 Å². The summed E-state index contributed by atoms with van der Waals surface area (Å²) >= 11 is 0. The van der Waals surface area contributed by atoms with Gasteiger partial charge in [0, 0.05) is 25.1 Å². The number of hydrogen-bond acceptors (Lipinski definition) is 5. The highest BCUT2D eigenvalue weighted by Crippen LogP contribution is 2.52. The van der Waals surface area contributed by atoms with E-state index in [1.165, 1.54) is 16.7 Å². The van der Waals surface area contributed by atoms with Gasteiger partial charge in [-0.15, -0.1) is 0 Å². The summed E-state index contributed by atoms with van der Waals surface area (Å²) in [7, 11) is 0. The molecule has 2 N–H and O–H groups in total. The number of nitrogens with zero attached hydrogens (tertiary/aromatic N) is 2. The Morgan fingerprint density at radius 1 is 1.15 bits per heavy atom. The van der Waals surface area contributed by atoms with Crippen molar-refractivity contribution in [2.45, 2.75) is 25.6 Å². The van der Waals surface area contributed by atoms with E-state index in [0.717, 1.165) is 11.6 Å². The lowest BCUT2D eigenvalue weighted by Gasteiger charge is -2.29. The summed E-state index contributed by atoms with van der Waals surface area (Å²) in [6.45, 7) is 2.93. The molecule has 1 fully saturated rings. The van der Waals surface area contributed by atoms with E-state index < -0.39 is 23.0 Å². The van der Waals surface area contributed by atoms with Gasteiger partial charge in [-0.2, -0.15) is 0 Å². The van der Waals surface area contributed by atoms with Gasteiger partial charge in [0.25, 0.3) is 11.5 Å². The molecule has 142 valence electrons. The maximum Gasteiger partial charge on any atom is 0.275 e. The molecular formula is C19H19FN2O5. The minimum Gasteiger partial charge on any atom is -0.504 e. The Morgan fingerprint density at radius 2 is 1.85 bits per heavy atom. The van der Waals surface area contributed by atoms with Crippen molar-refractivity contribution in [2.75, 3.05) is 13.2 Å². The topological polar surface area (TPSA) is 92.0 Å². The van der Waals surface area contributed by atoms with Crippen LogP contribution in [0.2, 0.25) is 0 Å². The number of rotatable bonds is 5. The number of amides is 1. The number of ether oxygens (including phenoxy) is 1. The van der Waals surface area contributed by atoms with Crippen LogP contribution in [0.3, 0.4) is 0 Å². The van der Waals surface area contributed by atoms with E-state index in [1.807, 2.05) is 6.92 Å². The molecule has 0 saturated heterocycles. The zero-order chi connectivity index (χ0) is 19.3. The van der Waals surface area contributed by atoms with Gasteiger partial charge in [0.2, 0.25) is 0 Å². The lowest BCUT2D eigenvalue weighted by Crippen LogP contribution is -2.42. The maximum absolute atomic E-state index is 13.2. The van der Waals surface area contributed by atoms with E-state index in [4.69, 9.17) is 4.74 Å². The van der Waals surface area contributed by atoms with E-state index in [2.05, 4.69) is 0 Å². The number of aromatic hydroxyl groups is 2. The van der Waals surface area contributed by atoms with Crippen LogP contribution >= 0.6 is 0 Å². The summed E-state index contributed by atoms with van der Waals surface area (Å²) < 4.78 is 19.9. The third kappa shape index (κ3) is 2.76. The number of carbonyl (C=O) groups is 1. The van der Waals surface area contributed by atoms with Gasteiger partial charge in [-0.05, 0) is 24.6 Å². The first-order valence-corrected chi connectivity index (χ1v) is 8.74. The number of benzene rings is 1. The van der Waals surface area contributed by atoms with Crippen LogP contribution in [0, 0.1) is 11.7 Å². The molecule has 0 radical (unpaired) electrons. The highest BCUT2D eigenvalue weighted by Gasteiger charge is 2.61. The van der Waals surface area contributed by atoms with Gasteiger partial charge in [0.05, 0.1) is 18.7 Å². The molecule has 2 aromatic rings. The molecule has 7 nitrogen and oxygen atoms in total. The number of hydrogen-bond donors (Lipinski definition) is 2. The second kappa shape index (κ2) is 6.38. The van der Waals surface area contributed by atoms with Gasteiger partial charge in [0.1, 0.15) is 5.82 Å². The molecule has 0 unspecified atom stereocenters. The SMILES string of the molecule is CCOC[C@@H]1[C@@H]2[C@H]1n1c(c(O)c(O)cc1=O)C(=O)N2Cc1ccc(F)cc1. The minimum absolute atomic E-state index is 0.0998. The van der Waals surface area contributed by atoms with Crippen LogP contribution in [0.15, 0.2) is 35.1 Å². The fourth-order valence-electron chi connectivity index (χ4n) is 3.88. The number of carbonyl (C=O) groups excluding carboxylic acids is 1. The van der Waals surface area contributed by atoms with Crippen LogP contribution in [-0.4, -0.2) is 44.8 Å². The molecule has 2 aliphatic rings. The van der Waals surface area contributed by atoms with Crippen molar-refractivity contribution in [3.05, 3.63) is 57.8 Å². The van der Waals surface area contributed by atoms with Gasteiger partial charge < -0.3 is 19.8 Å². The Balaban J connectivity index is 1.76. The van der Waals surface area contributed by atoms with Crippen molar-refractivity contribution in [1.82, 2.24) is 9.47 Å². The molecule has 27 heavy (non-hydrogen) atoms. The Morgan fingerprint density at radius 3 is 2.52 bits per heavy atom. The van der Waals surface area contributed by atoms with Crippen LogP contribution in [0.4, 0.5) is 4.39 Å². The minimum atomic E-state index is -0.623. The zero-order valence-electron chi connectivity index (χ0n) is 14.6. The summed E-state index contributed by atoms with van der Waals surface area (Å²) in [5.41, 5.74) is -0.0348. The van der Waals surface area contributed by atoms with E-state index in [9.17, 15) is 24.2 Å². The smallest absolute Gasteiger partial charge is 0.275 e. The predicted octanol–water partition coefficient (Wildman–Crippen LogP) is 1.63. The first-order chi connectivity index (χ1) is 12.9. The molecule has 3 atom stereocenters. The summed E-state index contributed by atoms with van der Waals surface area (Å²) in [4.78, 5) is 27.0. The molecular weight excluding hydrogens is 355 g/mol. The fraction of sp³-hybridized carbons (Fsp3) is 0.368. The van der Waals surface area contributed by atoms with Crippen LogP contribution in [0.5, 0.6) is 11.5 Å². The molecule has 1 aliphatic carbocycles. The monoisotopic (exact) mass is 374 g/mol. The molecule has 8 heteroatoms. The molecule has 1 aromatic carbocycles. The van der Waals surface area contributed by atoms with Gasteiger partial charge >= 0.3 is 0 Å². The average Bonchev–Trinajstić information content (AvgIpc) is 3.35. The van der Waals surface area contributed by atoms with Crippen LogP contribution in [0.25, 0.3) is 0 Å². The number of pyridine rings is 1. The molecule has 1 saturated carbocycles. The molecule has 2 heterocycles. The van der Waals surface area contributed by atoms with Crippen molar-refractivity contribution < 1.29 is 24.1 Å². The van der Waals surface area contributed by atoms with Crippen LogP contribution in [-0.2, 0) is 11.3 Å². The van der Waals surface area contributed by atoms with Crippen molar-refractivity contribution in [1.29, 1.82) is 0 Å². The normalized spacial score (nSPS) is 23.1. The van der Waals surface area contributed by atoms with Crippen molar-refractivity contribution in [2.24, 2.45) is 5.92 Å². The predicted molar refractivity (Wildman–Crippen MR) is 93.1 cm³/mol. The van der Waals surface area contributed by atoms with Gasteiger partial charge in [-0.3, -0.25) is 14.2 Å². The third-order valence-corrected chi connectivity index (χ3v) is 5.19. The number of aromatic nitrogens is 1. The van der Waals surface area contributed by atoms with Gasteiger partial charge in [0.15, 0.2) is 17.2 Å². The molecule has 1 amide bonds. The van der Waals surface area contributed by atoms with Crippen LogP contribution < -0.4 is 5.56 Å². The molecule has 4 rings (SSSR count). The first-order valence-electron chi connectivity index (χ1n) is 8.74. The number of fused-ring (bicyclic) bond motifs is 3. The Kier molecular flexibility index (Phi) is 4.15. The third-order valence-electron chi connectivity index (χ3n) is 5.19. The Hall–Kier alpha value is -2.87. The first kappa shape index (κ1) is 17.5. The number of halogens is 1. The maximum atomic E-state index is 13.2. The standard InChI is InChI=1S/C19H19FN2O5/c1-2-27-9-12-15-16(12)22-14(24)7-13(23)18(25)17(22)19(26)21(15)8-10-3-5-11(20)6-4-10/h3-7,12,15-16,23,25H,2,8-9H2,1H3/t12-,15-,16+/m1/s1. The van der Waals surface area contributed by atoms with E-state index in [-0.39, 0.29) is 36.1 Å². The highest BCUT2D eigenvalue weighted by molar-refractivity contribution is 5.97. The highest BCUT2D eigenvalue weighted by atomic mass is 19.1. The lowest BCUT2D eigenvalue weighted by molar-refractivity contribution is 0.0655. The summed E-state index contributed by atoms with van der Waals surface area (Å²) in [5.74, 6) is -2.25. The molecule has 1 aromatic heterocycles. The quantitative estimate of drug-likeness (QED) is 0.830. The van der Waals surface area contributed by atoms with E-state index >= 15 is 0 Å².